The van der Waals surface area contributed by atoms with Crippen LogP contribution in [0.5, 0.6) is 0 Å². The molecule has 0 fully saturated rings. The highest BCUT2D eigenvalue weighted by molar-refractivity contribution is 7.89. The van der Waals surface area contributed by atoms with Gasteiger partial charge in [0.1, 0.15) is 0 Å². The molecule has 0 saturated carbocycles. The summed E-state index contributed by atoms with van der Waals surface area (Å²) < 4.78 is 29.0. The van der Waals surface area contributed by atoms with E-state index in [4.69, 9.17) is 0 Å². The van der Waals surface area contributed by atoms with E-state index in [0.29, 0.717) is 24.4 Å². The fraction of sp³-hybridized carbons (Fsp3) is 0.500. The van der Waals surface area contributed by atoms with Crippen LogP contribution in [-0.2, 0) is 16.6 Å². The van der Waals surface area contributed by atoms with E-state index in [-0.39, 0.29) is 0 Å². The standard InChI is InChI=1S/C14H21N3O2S2/c1-10-8-11(2)17(16-10)7-5-6-15-21(18,19)14-9-12(3)20-13(14)4/h8-9,15H,5-7H2,1-4H3. The normalized spacial score (nSPS) is 12.0. The minimum Gasteiger partial charge on any atom is -0.270 e. The monoisotopic (exact) mass is 327 g/mol. The van der Waals surface area contributed by atoms with Crippen molar-refractivity contribution in [3.05, 3.63) is 33.3 Å². The van der Waals surface area contributed by atoms with Crippen LogP contribution in [0.3, 0.4) is 0 Å². The van der Waals surface area contributed by atoms with Crippen LogP contribution in [0.4, 0.5) is 0 Å². The third-order valence-electron chi connectivity index (χ3n) is 3.23. The number of aryl methyl sites for hydroxylation is 5. The highest BCUT2D eigenvalue weighted by Gasteiger charge is 2.18. The largest absolute Gasteiger partial charge is 0.270 e. The summed E-state index contributed by atoms with van der Waals surface area (Å²) in [6.07, 6.45) is 0.712. The average Bonchev–Trinajstić information content (AvgIpc) is 2.87. The summed E-state index contributed by atoms with van der Waals surface area (Å²) in [5.74, 6) is 0. The van der Waals surface area contributed by atoms with Gasteiger partial charge in [-0.15, -0.1) is 11.3 Å². The molecule has 2 aromatic heterocycles. The number of sulfonamides is 1. The van der Waals surface area contributed by atoms with Crippen LogP contribution in [-0.4, -0.2) is 24.7 Å². The average molecular weight is 327 g/mol. The second-order valence-electron chi connectivity index (χ2n) is 5.18. The SMILES string of the molecule is Cc1cc(C)n(CCCNS(=O)(=O)c2cc(C)sc2C)n1. The summed E-state index contributed by atoms with van der Waals surface area (Å²) >= 11 is 1.50. The lowest BCUT2D eigenvalue weighted by Crippen LogP contribution is -2.26. The zero-order chi connectivity index (χ0) is 15.6. The van der Waals surface area contributed by atoms with Gasteiger partial charge in [-0.1, -0.05) is 0 Å². The molecular formula is C14H21N3O2S2. The lowest BCUT2D eigenvalue weighted by atomic mass is 10.4. The minimum absolute atomic E-state index is 0.399. The minimum atomic E-state index is -3.40. The van der Waals surface area contributed by atoms with Crippen molar-refractivity contribution < 1.29 is 8.42 Å². The number of hydrogen-bond acceptors (Lipinski definition) is 4. The van der Waals surface area contributed by atoms with Gasteiger partial charge < -0.3 is 0 Å². The van der Waals surface area contributed by atoms with Crippen molar-refractivity contribution in [1.29, 1.82) is 0 Å². The maximum absolute atomic E-state index is 12.2. The summed E-state index contributed by atoms with van der Waals surface area (Å²) in [7, 11) is -3.40. The van der Waals surface area contributed by atoms with Crippen LogP contribution in [0.2, 0.25) is 0 Å². The smallest absolute Gasteiger partial charge is 0.241 e. The maximum atomic E-state index is 12.2. The van der Waals surface area contributed by atoms with Crippen LogP contribution >= 0.6 is 11.3 Å². The molecule has 0 radical (unpaired) electrons. The third kappa shape index (κ3) is 3.93. The second kappa shape index (κ2) is 6.29. The van der Waals surface area contributed by atoms with Crippen LogP contribution < -0.4 is 4.72 Å². The fourth-order valence-electron chi connectivity index (χ4n) is 2.29. The Labute approximate surface area is 130 Å². The summed E-state index contributed by atoms with van der Waals surface area (Å²) in [6.45, 7) is 8.83. The van der Waals surface area contributed by atoms with Crippen molar-refractivity contribution >= 4 is 21.4 Å². The first-order valence-corrected chi connectivity index (χ1v) is 9.17. The van der Waals surface area contributed by atoms with Crippen molar-refractivity contribution in [1.82, 2.24) is 14.5 Å². The number of hydrogen-bond donors (Lipinski definition) is 1. The molecule has 0 atom stereocenters. The molecule has 21 heavy (non-hydrogen) atoms. The van der Waals surface area contributed by atoms with E-state index in [9.17, 15) is 8.42 Å². The number of nitrogens with one attached hydrogen (secondary N) is 1. The Morgan fingerprint density at radius 2 is 1.95 bits per heavy atom. The van der Waals surface area contributed by atoms with Crippen molar-refractivity contribution in [2.75, 3.05) is 6.54 Å². The Morgan fingerprint density at radius 1 is 1.24 bits per heavy atom. The molecule has 0 aliphatic carbocycles. The number of rotatable bonds is 6. The van der Waals surface area contributed by atoms with E-state index in [1.165, 1.54) is 11.3 Å². The van der Waals surface area contributed by atoms with Gasteiger partial charge in [-0.25, -0.2) is 13.1 Å². The Morgan fingerprint density at radius 3 is 2.48 bits per heavy atom. The molecule has 2 aromatic rings. The van der Waals surface area contributed by atoms with Gasteiger partial charge in [0.15, 0.2) is 0 Å². The van der Waals surface area contributed by atoms with E-state index < -0.39 is 10.0 Å². The summed E-state index contributed by atoms with van der Waals surface area (Å²) in [5, 5.41) is 4.36. The first kappa shape index (κ1) is 16.2. The van der Waals surface area contributed by atoms with E-state index >= 15 is 0 Å². The second-order valence-corrected chi connectivity index (χ2v) is 8.37. The van der Waals surface area contributed by atoms with E-state index in [1.54, 1.807) is 6.07 Å². The van der Waals surface area contributed by atoms with Gasteiger partial charge in [0.2, 0.25) is 10.0 Å². The molecule has 5 nitrogen and oxygen atoms in total. The van der Waals surface area contributed by atoms with Gasteiger partial charge in [0.05, 0.1) is 10.6 Å². The van der Waals surface area contributed by atoms with Gasteiger partial charge >= 0.3 is 0 Å². The molecule has 0 saturated heterocycles. The summed E-state index contributed by atoms with van der Waals surface area (Å²) in [6, 6.07) is 3.74. The van der Waals surface area contributed by atoms with Gasteiger partial charge in [-0.3, -0.25) is 4.68 Å². The molecule has 0 amide bonds. The molecule has 0 aliphatic rings. The Balaban J connectivity index is 1.91. The fourth-order valence-corrected chi connectivity index (χ4v) is 4.92. The molecule has 116 valence electrons. The highest BCUT2D eigenvalue weighted by Crippen LogP contribution is 2.24. The predicted molar refractivity (Wildman–Crippen MR) is 85.3 cm³/mol. The van der Waals surface area contributed by atoms with E-state index in [0.717, 1.165) is 21.1 Å². The van der Waals surface area contributed by atoms with Gasteiger partial charge in [-0.2, -0.15) is 5.10 Å². The number of thiophene rings is 1. The molecule has 7 heteroatoms. The number of aromatic nitrogens is 2. The first-order chi connectivity index (χ1) is 9.79. The Kier molecular flexibility index (Phi) is 4.85. The van der Waals surface area contributed by atoms with Crippen molar-refractivity contribution in [2.45, 2.75) is 45.6 Å². The molecule has 0 aromatic carbocycles. The zero-order valence-electron chi connectivity index (χ0n) is 12.8. The molecule has 2 rings (SSSR count). The van der Waals surface area contributed by atoms with Crippen LogP contribution in [0.25, 0.3) is 0 Å². The molecule has 1 N–H and O–H groups in total. The van der Waals surface area contributed by atoms with E-state index in [1.807, 2.05) is 38.4 Å². The van der Waals surface area contributed by atoms with Crippen molar-refractivity contribution in [3.63, 3.8) is 0 Å². The molecule has 2 heterocycles. The summed E-state index contributed by atoms with van der Waals surface area (Å²) in [4.78, 5) is 2.24. The Hall–Kier alpha value is -1.18. The molecule has 0 bridgehead atoms. The van der Waals surface area contributed by atoms with Crippen LogP contribution in [0.15, 0.2) is 17.0 Å². The number of nitrogens with zero attached hydrogens (tertiary/aromatic N) is 2. The van der Waals surface area contributed by atoms with Crippen LogP contribution in [0, 0.1) is 27.7 Å². The van der Waals surface area contributed by atoms with E-state index in [2.05, 4.69) is 9.82 Å². The molecular weight excluding hydrogens is 306 g/mol. The molecule has 0 aliphatic heterocycles. The van der Waals surface area contributed by atoms with Crippen molar-refractivity contribution in [3.8, 4) is 0 Å². The van der Waals surface area contributed by atoms with Crippen molar-refractivity contribution in [2.24, 2.45) is 0 Å². The zero-order valence-corrected chi connectivity index (χ0v) is 14.4. The molecule has 0 spiro atoms. The predicted octanol–water partition coefficient (Wildman–Crippen LogP) is 2.55. The lowest BCUT2D eigenvalue weighted by molar-refractivity contribution is 0.544. The third-order valence-corrected chi connectivity index (χ3v) is 5.91. The lowest BCUT2D eigenvalue weighted by Gasteiger charge is -2.07. The highest BCUT2D eigenvalue weighted by atomic mass is 32.2. The topological polar surface area (TPSA) is 64.0 Å². The van der Waals surface area contributed by atoms with Crippen LogP contribution in [0.1, 0.15) is 27.6 Å². The Bertz CT molecular complexity index is 729. The van der Waals surface area contributed by atoms with Gasteiger partial charge in [0.25, 0.3) is 0 Å². The van der Waals surface area contributed by atoms with Gasteiger partial charge in [-0.05, 0) is 46.2 Å². The van der Waals surface area contributed by atoms with Gasteiger partial charge in [0, 0.05) is 28.5 Å². The first-order valence-electron chi connectivity index (χ1n) is 6.87. The molecule has 0 unspecified atom stereocenters. The maximum Gasteiger partial charge on any atom is 0.241 e. The summed E-state index contributed by atoms with van der Waals surface area (Å²) in [5.41, 5.74) is 2.08. The quantitative estimate of drug-likeness (QED) is 0.829.